The third-order valence-electron chi connectivity index (χ3n) is 25.5. The number of esters is 3. The van der Waals surface area contributed by atoms with Gasteiger partial charge in [0.1, 0.15) is 74.7 Å². The van der Waals surface area contributed by atoms with Gasteiger partial charge in [-0.25, -0.2) is 24.7 Å². The van der Waals surface area contributed by atoms with Gasteiger partial charge in [-0.05, 0) is 181 Å². The highest BCUT2D eigenvalue weighted by molar-refractivity contribution is 6.37. The Labute approximate surface area is 720 Å². The molecule has 2 aromatic carbocycles. The van der Waals surface area contributed by atoms with Gasteiger partial charge in [-0.2, -0.15) is 0 Å². The van der Waals surface area contributed by atoms with Crippen LogP contribution in [0.4, 0.5) is 16.4 Å². The fourth-order valence-electron chi connectivity index (χ4n) is 18.6. The number of fused-ring (bicyclic) bond motifs is 4. The molecular weight excluding hydrogens is 1590 g/mol. The molecule has 6 heterocycles. The maximum absolute atomic E-state index is 14.9. The van der Waals surface area contributed by atoms with Crippen LogP contribution >= 0.6 is 23.2 Å². The van der Waals surface area contributed by atoms with Crippen molar-refractivity contribution in [2.45, 2.75) is 256 Å². The van der Waals surface area contributed by atoms with Crippen molar-refractivity contribution >= 4 is 110 Å². The number of carboxylic acid groups (broad SMARTS) is 1. The molecule has 4 aromatic heterocycles. The standard InChI is InChI=1S/C47H59ClN4O10.C44H55ClN4O8.2CH4/c1-10-27-22-47(27,43(56)59-9)23-35(53)34-19-29(24-52(34)42(55)31(45(2,3)4)20-39(54)61-28-17-25-16-26(25)18-28)60-37-21-33(50-41-30(37)14-15-36(58-8)40(41)48)32-12-11-13-38(49-32)51-44(57)62-46(5,6)7;1-8-26-20-44(26,42(53)54)21-34(50)33-17-28(22-49(33)41(52)30(43(4,5)6)18-38(51)57-27-15-24-14-25(24)16-27)56-36-19-32(31-10-9-11-37(47-31)46-23(2)3)48-40-29(36)12-13-35(55-7)39(40)45;;/h11-15,21,25-29,31,34H,10,16-20,22-24H2,1-9H3,(H,49,51,57);9-13,19,23-28,30,33H,8,14-18,20-22H2,1-7H3,(H,46,47)(H,53,54);2*1H4/t25-,26+,27-,28?,29-,31-,34+,47-;24-,25+,26-,27?,28-,30-,33+,44-;;/m11../s1. The van der Waals surface area contributed by atoms with Gasteiger partial charge in [0.15, 0.2) is 11.6 Å². The van der Waals surface area contributed by atoms with Crippen molar-refractivity contribution in [2.24, 2.45) is 69.0 Å². The lowest BCUT2D eigenvalue weighted by Gasteiger charge is -2.35. The van der Waals surface area contributed by atoms with Crippen molar-refractivity contribution in [1.82, 2.24) is 29.7 Å². The molecule has 2 unspecified atom stereocenters. The van der Waals surface area contributed by atoms with Crippen molar-refractivity contribution in [1.29, 1.82) is 0 Å². The van der Waals surface area contributed by atoms with Gasteiger partial charge in [0.2, 0.25) is 11.8 Å². The highest BCUT2D eigenvalue weighted by Crippen LogP contribution is 2.60. The number of pyridine rings is 4. The summed E-state index contributed by atoms with van der Waals surface area (Å²) in [6.07, 6.45) is 5.62. The van der Waals surface area contributed by atoms with Crippen LogP contribution in [0.2, 0.25) is 10.0 Å². The van der Waals surface area contributed by atoms with E-state index in [-0.39, 0.29) is 136 Å². The number of amides is 3. The van der Waals surface area contributed by atoms with Crippen molar-refractivity contribution in [3.05, 3.63) is 82.8 Å². The number of hydrogen-bond donors (Lipinski definition) is 3. The second-order valence-corrected chi connectivity index (χ2v) is 38.4. The van der Waals surface area contributed by atoms with Gasteiger partial charge in [0.05, 0.1) is 116 Å². The Balaban J connectivity index is 0.000000233. The minimum atomic E-state index is -1.15. The molecule has 8 aliphatic rings. The van der Waals surface area contributed by atoms with E-state index in [1.807, 2.05) is 87.4 Å². The van der Waals surface area contributed by atoms with Crippen molar-refractivity contribution in [2.75, 3.05) is 45.1 Å². The molecule has 2 saturated heterocycles. The summed E-state index contributed by atoms with van der Waals surface area (Å²) in [5.74, 6) is -0.217. The van der Waals surface area contributed by atoms with Gasteiger partial charge in [-0.1, -0.05) is 118 Å². The molecule has 8 fully saturated rings. The van der Waals surface area contributed by atoms with Gasteiger partial charge in [-0.3, -0.25) is 43.7 Å². The molecule has 28 heteroatoms. The molecule has 6 saturated carbocycles. The van der Waals surface area contributed by atoms with Crippen LogP contribution in [0.1, 0.15) is 208 Å². The van der Waals surface area contributed by atoms with Crippen LogP contribution in [0.25, 0.3) is 44.6 Å². The van der Waals surface area contributed by atoms with Crippen molar-refractivity contribution in [3.8, 4) is 45.8 Å². The molecule has 0 radical (unpaired) electrons. The number of hydrogen-bond acceptors (Lipinski definition) is 22. The number of nitrogens with zero attached hydrogens (tertiary/aromatic N) is 6. The van der Waals surface area contributed by atoms with Crippen LogP contribution in [-0.4, -0.2) is 171 Å². The lowest BCUT2D eigenvalue weighted by molar-refractivity contribution is -0.157. The predicted octanol–water partition coefficient (Wildman–Crippen LogP) is 17.9. The average Bonchev–Trinajstić information content (AvgIpc) is 1.58. The highest BCUT2D eigenvalue weighted by Gasteiger charge is 2.63. The third-order valence-corrected chi connectivity index (χ3v) is 26.2. The monoisotopic (exact) mass is 1710 g/mol. The Bertz CT molecular complexity index is 4900. The zero-order valence-corrected chi connectivity index (χ0v) is 72.7. The summed E-state index contributed by atoms with van der Waals surface area (Å²) in [5.41, 5.74) is -1.53. The van der Waals surface area contributed by atoms with Gasteiger partial charge < -0.3 is 58.1 Å². The molecule has 6 aliphatic carbocycles. The number of methoxy groups -OCH3 is 3. The number of halogens is 2. The fraction of sp³-hybridized carbons (Fsp3) is 0.602. The quantitative estimate of drug-likeness (QED) is 0.0290. The molecule has 0 bridgehead atoms. The van der Waals surface area contributed by atoms with Gasteiger partial charge >= 0.3 is 30.0 Å². The van der Waals surface area contributed by atoms with Crippen LogP contribution in [-0.2, 0) is 57.3 Å². The molecule has 121 heavy (non-hydrogen) atoms. The Morgan fingerprint density at radius 2 is 0.942 bits per heavy atom. The number of nitrogens with one attached hydrogen (secondary N) is 2. The number of aromatic nitrogens is 4. The van der Waals surface area contributed by atoms with E-state index < -0.39 is 93.4 Å². The number of carboxylic acids is 1. The number of likely N-dealkylation sites (tertiary alicyclic amines) is 2. The molecule has 14 rings (SSSR count). The number of carbonyl (C=O) groups excluding carboxylic acids is 8. The van der Waals surface area contributed by atoms with E-state index in [0.717, 1.165) is 25.7 Å². The molecule has 16 atom stereocenters. The Hall–Kier alpha value is -9.43. The average molecular weight is 1710 g/mol. The summed E-state index contributed by atoms with van der Waals surface area (Å²) in [7, 11) is 4.35. The molecule has 656 valence electrons. The first-order valence-corrected chi connectivity index (χ1v) is 42.8. The molecule has 3 N–H and O–H groups in total. The number of carbonyl (C=O) groups is 9. The predicted molar refractivity (Wildman–Crippen MR) is 461 cm³/mol. The Kier molecular flexibility index (Phi) is 27.9. The molecule has 3 amide bonds. The highest BCUT2D eigenvalue weighted by atomic mass is 35.5. The number of ether oxygens (including phenoxy) is 8. The molecule has 0 spiro atoms. The topological polar surface area (TPSA) is 330 Å². The fourth-order valence-corrected chi connectivity index (χ4v) is 19.2. The first-order valence-electron chi connectivity index (χ1n) is 42.0. The van der Waals surface area contributed by atoms with E-state index in [1.54, 1.807) is 80.3 Å². The summed E-state index contributed by atoms with van der Waals surface area (Å²) in [6, 6.07) is 19.4. The second-order valence-electron chi connectivity index (χ2n) is 37.6. The Morgan fingerprint density at radius 3 is 1.32 bits per heavy atom. The van der Waals surface area contributed by atoms with Crippen LogP contribution in [0.5, 0.6) is 23.0 Å². The summed E-state index contributed by atoms with van der Waals surface area (Å²) < 4.78 is 47.0. The zero-order valence-electron chi connectivity index (χ0n) is 71.1. The van der Waals surface area contributed by atoms with Gasteiger partial charge in [0, 0.05) is 54.6 Å². The van der Waals surface area contributed by atoms with Crippen molar-refractivity contribution in [3.63, 3.8) is 0 Å². The van der Waals surface area contributed by atoms with Gasteiger partial charge in [0.25, 0.3) is 0 Å². The van der Waals surface area contributed by atoms with E-state index in [0.29, 0.717) is 123 Å². The molecule has 2 aliphatic heterocycles. The first-order chi connectivity index (χ1) is 56.2. The number of Topliss-reactive ketones (excluding diaryl/α,β-unsaturated/α-hetero) is 2. The van der Waals surface area contributed by atoms with E-state index in [2.05, 4.69) is 15.6 Å². The van der Waals surface area contributed by atoms with E-state index in [9.17, 15) is 48.3 Å². The van der Waals surface area contributed by atoms with E-state index in [4.69, 9.17) is 76.0 Å². The third kappa shape index (κ3) is 20.6. The Morgan fingerprint density at radius 1 is 0.529 bits per heavy atom. The van der Waals surface area contributed by atoms with Crippen molar-refractivity contribution < 1.29 is 86.2 Å². The molecule has 26 nitrogen and oxygen atoms in total. The lowest BCUT2D eigenvalue weighted by Crippen LogP contribution is -2.48. The smallest absolute Gasteiger partial charge is 0.413 e. The zero-order chi connectivity index (χ0) is 85.9. The normalized spacial score (nSPS) is 25.8. The number of ketones is 2. The number of benzene rings is 2. The van der Waals surface area contributed by atoms with Crippen LogP contribution < -0.4 is 29.6 Å². The summed E-state index contributed by atoms with van der Waals surface area (Å²) in [4.78, 5) is 146. The van der Waals surface area contributed by atoms with Crippen LogP contribution in [0.3, 0.4) is 0 Å². The summed E-state index contributed by atoms with van der Waals surface area (Å²) in [5, 5.41) is 17.9. The SMILES string of the molecule is C.C.CC[C@@H]1C[C@]1(CC(=O)[C@@H]1C[C@@H](Oc2cc(-c3cccc(NC(=O)OC(C)(C)C)n3)nc3c(Cl)c(OC)ccc23)CN1C(=O)[C@@H](CC(=O)OC1C[C@@H]2C[C@@H]2C1)C(C)(C)C)C(=O)OC.CC[C@@H]1C[C@]1(CC(=O)[C@@H]1C[C@@H](Oc2cc(-c3cccc(NC(C)C)n3)nc3c(Cl)c(OC)ccc23)CN1C(=O)[C@@H](CC(=O)OC1C[C@@H]2C[C@@H]2C1)C(C)(C)C)C(=O)O. The van der Waals surface area contributed by atoms with Crippen LogP contribution in [0.15, 0.2) is 72.8 Å². The summed E-state index contributed by atoms with van der Waals surface area (Å²) in [6.45, 7) is 24.8. The second kappa shape index (κ2) is 36.6. The van der Waals surface area contributed by atoms with E-state index in [1.165, 1.54) is 39.1 Å². The minimum Gasteiger partial charge on any atom is -0.495 e. The van der Waals surface area contributed by atoms with Crippen LogP contribution in [0, 0.1) is 69.0 Å². The largest absolute Gasteiger partial charge is 0.495 e. The molecule has 6 aromatic rings. The minimum absolute atomic E-state index is 0. The number of rotatable bonds is 29. The maximum Gasteiger partial charge on any atom is 0.413 e. The maximum atomic E-state index is 14.9. The number of anilines is 2. The molecular formula is C93H122Cl2N8O18. The summed E-state index contributed by atoms with van der Waals surface area (Å²) >= 11 is 13.7. The van der Waals surface area contributed by atoms with Gasteiger partial charge in [-0.15, -0.1) is 0 Å². The first kappa shape index (κ1) is 92.3. The number of aliphatic carboxylic acids is 1. The van der Waals surface area contributed by atoms with E-state index >= 15 is 0 Å². The lowest BCUT2D eigenvalue weighted by atomic mass is 9.77.